The highest BCUT2D eigenvalue weighted by atomic mass is 35.5. The van der Waals surface area contributed by atoms with Gasteiger partial charge in [0.15, 0.2) is 8.67 Å². The fraction of sp³-hybridized carbons (Fsp3) is 0.222. The molecule has 0 aromatic heterocycles. The molecule has 6 heteroatoms. The van der Waals surface area contributed by atoms with Crippen molar-refractivity contribution < 1.29 is 0 Å². The van der Waals surface area contributed by atoms with Gasteiger partial charge in [-0.3, -0.25) is 0 Å². The second-order valence-corrected chi connectivity index (χ2v) is 5.89. The minimum absolute atomic E-state index is 0.546. The highest BCUT2D eigenvalue weighted by molar-refractivity contribution is 7.78. The number of benzene rings is 1. The molecule has 0 saturated heterocycles. The van der Waals surface area contributed by atoms with E-state index < -0.39 is 8.67 Å². The zero-order valence-electron chi connectivity index (χ0n) is 7.10. The summed E-state index contributed by atoms with van der Waals surface area (Å²) in [6.45, 7) is 0. The summed E-state index contributed by atoms with van der Waals surface area (Å²) in [6, 6.07) is 5.23. The molecule has 0 amide bonds. The van der Waals surface area contributed by atoms with Gasteiger partial charge in [-0.1, -0.05) is 58.5 Å². The average Bonchev–Trinajstić information content (AvgIpc) is 2.17. The maximum atomic E-state index is 6.05. The Morgan fingerprint density at radius 1 is 1.13 bits per heavy atom. The Bertz CT molecular complexity index is 477. The van der Waals surface area contributed by atoms with Crippen molar-refractivity contribution in [3.8, 4) is 0 Å². The summed E-state index contributed by atoms with van der Waals surface area (Å²) in [6.07, 6.45) is 0. The largest absolute Gasteiger partial charge is 0.194 e. The number of thiocarbonyl (C=S) groups is 1. The van der Waals surface area contributed by atoms with E-state index in [1.807, 2.05) is 0 Å². The Morgan fingerprint density at radius 3 is 2.40 bits per heavy atom. The lowest BCUT2D eigenvalue weighted by atomic mass is 9.84. The van der Waals surface area contributed by atoms with Gasteiger partial charge in [0, 0.05) is 5.56 Å². The fourth-order valence-electron chi connectivity index (χ4n) is 1.54. The summed E-state index contributed by atoms with van der Waals surface area (Å²) < 4.78 is -2.67. The standard InChI is InChI=1S/C9H3Cl4NS/c10-8(11)5-2-1-3-6(14-4-15)7(5)9(8,12)13/h1-3H. The molecule has 78 valence electrons. The number of rotatable bonds is 1. The lowest BCUT2D eigenvalue weighted by Crippen LogP contribution is -2.43. The maximum Gasteiger partial charge on any atom is 0.182 e. The van der Waals surface area contributed by atoms with E-state index in [1.54, 1.807) is 18.2 Å². The van der Waals surface area contributed by atoms with Gasteiger partial charge >= 0.3 is 0 Å². The molecular weight excluding hydrogens is 296 g/mol. The van der Waals surface area contributed by atoms with Crippen LogP contribution in [0.3, 0.4) is 0 Å². The van der Waals surface area contributed by atoms with Crippen LogP contribution in [-0.2, 0) is 8.67 Å². The minimum Gasteiger partial charge on any atom is -0.194 e. The molecule has 0 aliphatic heterocycles. The maximum absolute atomic E-state index is 6.05. The Kier molecular flexibility index (Phi) is 2.79. The van der Waals surface area contributed by atoms with E-state index in [9.17, 15) is 0 Å². The van der Waals surface area contributed by atoms with Crippen LogP contribution in [-0.4, -0.2) is 5.16 Å². The average molecular weight is 299 g/mol. The summed E-state index contributed by atoms with van der Waals surface area (Å²) in [5.74, 6) is 0. The predicted octanol–water partition coefficient (Wildman–Crippen LogP) is 4.70. The van der Waals surface area contributed by atoms with Gasteiger partial charge in [0.2, 0.25) is 0 Å². The molecule has 0 bridgehead atoms. The molecule has 0 spiro atoms. The van der Waals surface area contributed by atoms with Gasteiger partial charge in [0.1, 0.15) is 0 Å². The lowest BCUT2D eigenvalue weighted by molar-refractivity contribution is 0.634. The van der Waals surface area contributed by atoms with E-state index in [1.165, 1.54) is 0 Å². The fourth-order valence-corrected chi connectivity index (χ4v) is 2.74. The van der Waals surface area contributed by atoms with Gasteiger partial charge in [-0.15, -0.1) is 0 Å². The highest BCUT2D eigenvalue weighted by Gasteiger charge is 2.62. The topological polar surface area (TPSA) is 12.4 Å². The summed E-state index contributed by atoms with van der Waals surface area (Å²) in [4.78, 5) is 3.86. The third-order valence-electron chi connectivity index (χ3n) is 2.26. The number of isothiocyanates is 1. The van der Waals surface area contributed by atoms with E-state index in [0.29, 0.717) is 16.8 Å². The number of hydrogen-bond donors (Lipinski definition) is 0. The van der Waals surface area contributed by atoms with Crippen LogP contribution >= 0.6 is 58.6 Å². The smallest absolute Gasteiger partial charge is 0.182 e. The molecule has 0 N–H and O–H groups in total. The summed E-state index contributed by atoms with van der Waals surface area (Å²) in [5.41, 5.74) is 1.79. The van der Waals surface area contributed by atoms with Crippen molar-refractivity contribution in [2.45, 2.75) is 8.67 Å². The number of nitrogens with zero attached hydrogens (tertiary/aromatic N) is 1. The molecule has 1 aromatic rings. The summed E-state index contributed by atoms with van der Waals surface area (Å²) in [7, 11) is 0. The predicted molar refractivity (Wildman–Crippen MR) is 67.9 cm³/mol. The molecule has 0 unspecified atom stereocenters. The van der Waals surface area contributed by atoms with Crippen molar-refractivity contribution in [1.82, 2.24) is 0 Å². The molecule has 0 atom stereocenters. The molecule has 2 rings (SSSR count). The molecule has 15 heavy (non-hydrogen) atoms. The Morgan fingerprint density at radius 2 is 1.80 bits per heavy atom. The Balaban J connectivity index is 2.71. The molecule has 1 aliphatic carbocycles. The number of hydrogen-bond acceptors (Lipinski definition) is 2. The second kappa shape index (κ2) is 3.59. The summed E-state index contributed by atoms with van der Waals surface area (Å²) in [5, 5.41) is 2.26. The van der Waals surface area contributed by atoms with Crippen LogP contribution in [0.15, 0.2) is 23.2 Å². The molecular formula is C9H3Cl4NS. The van der Waals surface area contributed by atoms with E-state index >= 15 is 0 Å². The minimum atomic E-state index is -1.36. The van der Waals surface area contributed by atoms with Gasteiger partial charge in [0.05, 0.1) is 10.8 Å². The summed E-state index contributed by atoms with van der Waals surface area (Å²) >= 11 is 28.6. The van der Waals surface area contributed by atoms with E-state index in [4.69, 9.17) is 46.4 Å². The molecule has 1 aromatic carbocycles. The van der Waals surface area contributed by atoms with Gasteiger partial charge in [-0.2, -0.15) is 4.99 Å². The zero-order valence-corrected chi connectivity index (χ0v) is 10.9. The first-order chi connectivity index (χ1) is 6.93. The van der Waals surface area contributed by atoms with Crippen LogP contribution in [0, 0.1) is 0 Å². The van der Waals surface area contributed by atoms with Crippen LogP contribution in [0.1, 0.15) is 11.1 Å². The van der Waals surface area contributed by atoms with Gasteiger partial charge in [0.25, 0.3) is 0 Å². The lowest BCUT2D eigenvalue weighted by Gasteiger charge is -2.45. The quantitative estimate of drug-likeness (QED) is 0.416. The van der Waals surface area contributed by atoms with Gasteiger partial charge in [-0.05, 0) is 23.8 Å². The van der Waals surface area contributed by atoms with Gasteiger partial charge in [-0.25, -0.2) is 0 Å². The number of aliphatic imine (C=N–C) groups is 1. The van der Waals surface area contributed by atoms with Crippen molar-refractivity contribution in [1.29, 1.82) is 0 Å². The number of halogens is 4. The third-order valence-corrected chi connectivity index (χ3v) is 4.65. The van der Waals surface area contributed by atoms with E-state index in [-0.39, 0.29) is 0 Å². The first-order valence-electron chi connectivity index (χ1n) is 3.90. The monoisotopic (exact) mass is 297 g/mol. The zero-order chi connectivity index (χ0) is 11.3. The van der Waals surface area contributed by atoms with Crippen LogP contribution in [0.25, 0.3) is 0 Å². The molecule has 0 saturated carbocycles. The van der Waals surface area contributed by atoms with Crippen LogP contribution < -0.4 is 0 Å². The first-order valence-corrected chi connectivity index (χ1v) is 5.82. The van der Waals surface area contributed by atoms with E-state index in [0.717, 1.165) is 0 Å². The molecule has 0 fully saturated rings. The van der Waals surface area contributed by atoms with E-state index in [2.05, 4.69) is 22.4 Å². The third kappa shape index (κ3) is 1.44. The van der Waals surface area contributed by atoms with Crippen LogP contribution in [0.2, 0.25) is 0 Å². The number of alkyl halides is 4. The SMILES string of the molecule is S=C=Nc1cccc2c1C(Cl)(Cl)C2(Cl)Cl. The molecule has 1 aliphatic rings. The van der Waals surface area contributed by atoms with Crippen molar-refractivity contribution in [3.63, 3.8) is 0 Å². The Hall–Kier alpha value is 0.180. The number of fused-ring (bicyclic) bond motifs is 1. The van der Waals surface area contributed by atoms with Crippen LogP contribution in [0.5, 0.6) is 0 Å². The normalized spacial score (nSPS) is 19.7. The van der Waals surface area contributed by atoms with Gasteiger partial charge < -0.3 is 0 Å². The second-order valence-electron chi connectivity index (χ2n) is 3.05. The Labute approximate surface area is 112 Å². The van der Waals surface area contributed by atoms with Crippen molar-refractivity contribution >= 4 is 69.5 Å². The first kappa shape index (κ1) is 11.7. The van der Waals surface area contributed by atoms with Crippen molar-refractivity contribution in [3.05, 3.63) is 29.3 Å². The van der Waals surface area contributed by atoms with Crippen LogP contribution in [0.4, 0.5) is 5.69 Å². The van der Waals surface area contributed by atoms with Crippen molar-refractivity contribution in [2.24, 2.45) is 4.99 Å². The molecule has 0 radical (unpaired) electrons. The molecule has 1 nitrogen and oxygen atoms in total. The highest BCUT2D eigenvalue weighted by Crippen LogP contribution is 2.68. The van der Waals surface area contributed by atoms with Crippen molar-refractivity contribution in [2.75, 3.05) is 0 Å². The molecule has 0 heterocycles.